The molecule has 7 heteroatoms. The van der Waals surface area contributed by atoms with Gasteiger partial charge in [-0.1, -0.05) is 30.3 Å². The third-order valence-electron chi connectivity index (χ3n) is 4.14. The number of nitrogens with one attached hydrogen (secondary N) is 2. The third kappa shape index (κ3) is 5.57. The number of carbonyl (C=O) groups excluding carboxylic acids is 3. The van der Waals surface area contributed by atoms with Gasteiger partial charge in [0.25, 0.3) is 5.91 Å². The maximum atomic E-state index is 12.5. The molecule has 0 saturated heterocycles. The van der Waals surface area contributed by atoms with E-state index < -0.39 is 6.03 Å². The number of carbonyl (C=O) groups is 3. The number of nitrogens with zero attached hydrogens (tertiary/aromatic N) is 1. The molecule has 7 nitrogen and oxygen atoms in total. The minimum Gasteiger partial charge on any atom is -0.352 e. The number of anilines is 1. The number of urea groups is 1. The minimum absolute atomic E-state index is 0.0579. The molecule has 0 aliphatic carbocycles. The van der Waals surface area contributed by atoms with Gasteiger partial charge in [0.1, 0.15) is 0 Å². The van der Waals surface area contributed by atoms with Crippen LogP contribution in [0.4, 0.5) is 10.5 Å². The summed E-state index contributed by atoms with van der Waals surface area (Å²) in [6, 6.07) is 11.9. The van der Waals surface area contributed by atoms with Crippen molar-refractivity contribution in [3.8, 4) is 0 Å². The maximum absolute atomic E-state index is 12.5. The lowest BCUT2D eigenvalue weighted by Crippen LogP contribution is -2.35. The average molecular weight is 368 g/mol. The monoisotopic (exact) mass is 368 g/mol. The molecule has 0 unspecified atom stereocenters. The van der Waals surface area contributed by atoms with Crippen LogP contribution >= 0.6 is 0 Å². The van der Waals surface area contributed by atoms with E-state index in [0.717, 1.165) is 22.4 Å². The Morgan fingerprint density at radius 1 is 1.00 bits per heavy atom. The molecule has 4 N–H and O–H groups in total. The second-order valence-corrected chi connectivity index (χ2v) is 6.39. The Kier molecular flexibility index (Phi) is 6.54. The van der Waals surface area contributed by atoms with Crippen molar-refractivity contribution in [2.24, 2.45) is 5.73 Å². The zero-order valence-corrected chi connectivity index (χ0v) is 15.7. The number of hydrogen-bond acceptors (Lipinski definition) is 3. The Balaban J connectivity index is 1.96. The fourth-order valence-corrected chi connectivity index (χ4v) is 2.65. The Bertz CT molecular complexity index is 827. The van der Waals surface area contributed by atoms with Crippen molar-refractivity contribution in [2.75, 3.05) is 18.9 Å². The number of para-hydroxylation sites is 1. The van der Waals surface area contributed by atoms with Gasteiger partial charge in [-0.3, -0.25) is 9.59 Å². The molecule has 2 aromatic carbocycles. The summed E-state index contributed by atoms with van der Waals surface area (Å²) in [4.78, 5) is 36.9. The molecular weight excluding hydrogens is 344 g/mol. The van der Waals surface area contributed by atoms with Crippen LogP contribution in [-0.2, 0) is 11.3 Å². The van der Waals surface area contributed by atoms with E-state index in [1.54, 1.807) is 31.3 Å². The second kappa shape index (κ2) is 8.84. The van der Waals surface area contributed by atoms with E-state index in [2.05, 4.69) is 10.6 Å². The normalized spacial score (nSPS) is 10.2. The van der Waals surface area contributed by atoms with Crippen LogP contribution in [0.3, 0.4) is 0 Å². The molecule has 0 aromatic heterocycles. The van der Waals surface area contributed by atoms with Crippen LogP contribution < -0.4 is 16.4 Å². The molecule has 0 radical (unpaired) electrons. The molecule has 2 rings (SSSR count). The zero-order valence-electron chi connectivity index (χ0n) is 15.7. The van der Waals surface area contributed by atoms with Crippen LogP contribution in [0.2, 0.25) is 0 Å². The molecule has 0 spiro atoms. The Morgan fingerprint density at radius 3 is 2.15 bits per heavy atom. The van der Waals surface area contributed by atoms with Crippen LogP contribution in [-0.4, -0.2) is 36.3 Å². The summed E-state index contributed by atoms with van der Waals surface area (Å²) >= 11 is 0. The number of likely N-dealkylation sites (N-methyl/N-ethyl adjacent to an activating group) is 1. The number of benzene rings is 2. The maximum Gasteiger partial charge on any atom is 0.312 e. The highest BCUT2D eigenvalue weighted by molar-refractivity contribution is 5.99. The quantitative estimate of drug-likeness (QED) is 0.728. The number of primary amides is 1. The van der Waals surface area contributed by atoms with Crippen molar-refractivity contribution in [1.82, 2.24) is 10.2 Å². The van der Waals surface area contributed by atoms with Gasteiger partial charge in [-0.2, -0.15) is 0 Å². The smallest absolute Gasteiger partial charge is 0.312 e. The lowest BCUT2D eigenvalue weighted by Gasteiger charge is -2.18. The van der Waals surface area contributed by atoms with E-state index >= 15 is 0 Å². The van der Waals surface area contributed by atoms with E-state index in [0.29, 0.717) is 5.56 Å². The predicted molar refractivity (Wildman–Crippen MR) is 104 cm³/mol. The van der Waals surface area contributed by atoms with Crippen molar-refractivity contribution >= 4 is 23.5 Å². The first-order chi connectivity index (χ1) is 12.8. The number of rotatable bonds is 6. The summed E-state index contributed by atoms with van der Waals surface area (Å²) < 4.78 is 0. The molecule has 0 aliphatic rings. The number of amides is 4. The van der Waals surface area contributed by atoms with Gasteiger partial charge in [-0.05, 0) is 42.7 Å². The Hall–Kier alpha value is -3.35. The zero-order chi connectivity index (χ0) is 20.0. The Labute approximate surface area is 158 Å². The summed E-state index contributed by atoms with van der Waals surface area (Å²) in [5.41, 5.74) is 9.02. The van der Waals surface area contributed by atoms with Crippen LogP contribution in [0.1, 0.15) is 27.0 Å². The van der Waals surface area contributed by atoms with E-state index in [4.69, 9.17) is 5.73 Å². The fourth-order valence-electron chi connectivity index (χ4n) is 2.65. The minimum atomic E-state index is -0.607. The van der Waals surface area contributed by atoms with Crippen molar-refractivity contribution in [3.05, 3.63) is 64.7 Å². The molecule has 2 aromatic rings. The van der Waals surface area contributed by atoms with Crippen LogP contribution in [0.5, 0.6) is 0 Å². The molecule has 0 fully saturated rings. The van der Waals surface area contributed by atoms with E-state index in [1.807, 2.05) is 32.0 Å². The average Bonchev–Trinajstić information content (AvgIpc) is 2.63. The van der Waals surface area contributed by atoms with Gasteiger partial charge in [-0.25, -0.2) is 4.79 Å². The first-order valence-corrected chi connectivity index (χ1v) is 8.51. The highest BCUT2D eigenvalue weighted by Crippen LogP contribution is 2.19. The highest BCUT2D eigenvalue weighted by Gasteiger charge is 2.16. The topological polar surface area (TPSA) is 105 Å². The number of nitrogens with two attached hydrogens (primary N) is 1. The summed E-state index contributed by atoms with van der Waals surface area (Å²) in [6.07, 6.45) is 0. The summed E-state index contributed by atoms with van der Waals surface area (Å²) in [5.74, 6) is -0.522. The molecule has 0 atom stereocenters. The van der Waals surface area contributed by atoms with Gasteiger partial charge in [0.15, 0.2) is 0 Å². The first kappa shape index (κ1) is 20.0. The standard InChI is InChI=1S/C20H24N4O3/c1-13-5-4-6-14(2)18(13)23-17(25)12-24(3)19(26)16-9-7-15(8-10-16)11-22-20(21)27/h4-10H,11-12H2,1-3H3,(H,23,25)(H3,21,22,27). The van der Waals surface area contributed by atoms with Gasteiger partial charge >= 0.3 is 6.03 Å². The van der Waals surface area contributed by atoms with Gasteiger partial charge in [0, 0.05) is 24.8 Å². The molecule has 0 aliphatic heterocycles. The summed E-state index contributed by atoms with van der Waals surface area (Å²) in [6.45, 7) is 4.08. The van der Waals surface area contributed by atoms with Crippen LogP contribution in [0.15, 0.2) is 42.5 Å². The summed E-state index contributed by atoms with van der Waals surface area (Å²) in [7, 11) is 1.58. The predicted octanol–water partition coefficient (Wildman–Crippen LogP) is 2.18. The molecular formula is C20H24N4O3. The first-order valence-electron chi connectivity index (χ1n) is 8.51. The van der Waals surface area contributed by atoms with E-state index in [9.17, 15) is 14.4 Å². The largest absolute Gasteiger partial charge is 0.352 e. The second-order valence-electron chi connectivity index (χ2n) is 6.39. The SMILES string of the molecule is Cc1cccc(C)c1NC(=O)CN(C)C(=O)c1ccc(CNC(N)=O)cc1. The Morgan fingerprint density at radius 2 is 1.59 bits per heavy atom. The summed E-state index contributed by atoms with van der Waals surface area (Å²) in [5, 5.41) is 5.35. The lowest BCUT2D eigenvalue weighted by molar-refractivity contribution is -0.116. The van der Waals surface area contributed by atoms with E-state index in [1.165, 1.54) is 4.90 Å². The van der Waals surface area contributed by atoms with E-state index in [-0.39, 0.29) is 24.9 Å². The molecule has 0 bridgehead atoms. The number of aryl methyl sites for hydroxylation is 2. The lowest BCUT2D eigenvalue weighted by atomic mass is 10.1. The fraction of sp³-hybridized carbons (Fsp3) is 0.250. The molecule has 142 valence electrons. The van der Waals surface area contributed by atoms with Crippen molar-refractivity contribution < 1.29 is 14.4 Å². The molecule has 4 amide bonds. The molecule has 0 heterocycles. The van der Waals surface area contributed by atoms with Gasteiger partial charge in [0.2, 0.25) is 5.91 Å². The van der Waals surface area contributed by atoms with Gasteiger partial charge < -0.3 is 21.3 Å². The van der Waals surface area contributed by atoms with Crippen LogP contribution in [0.25, 0.3) is 0 Å². The highest BCUT2D eigenvalue weighted by atomic mass is 16.2. The number of hydrogen-bond donors (Lipinski definition) is 3. The van der Waals surface area contributed by atoms with Crippen molar-refractivity contribution in [1.29, 1.82) is 0 Å². The molecule has 0 saturated carbocycles. The third-order valence-corrected chi connectivity index (χ3v) is 4.14. The molecule has 27 heavy (non-hydrogen) atoms. The van der Waals surface area contributed by atoms with Crippen molar-refractivity contribution in [2.45, 2.75) is 20.4 Å². The van der Waals surface area contributed by atoms with Crippen LogP contribution in [0, 0.1) is 13.8 Å². The van der Waals surface area contributed by atoms with Gasteiger partial charge in [-0.15, -0.1) is 0 Å². The van der Waals surface area contributed by atoms with Gasteiger partial charge in [0.05, 0.1) is 6.54 Å². The van der Waals surface area contributed by atoms with Crippen molar-refractivity contribution in [3.63, 3.8) is 0 Å².